The molecular weight excluding hydrogens is 292 g/mol. The van der Waals surface area contributed by atoms with Crippen LogP contribution in [0, 0.1) is 5.82 Å². The second-order valence-electron chi connectivity index (χ2n) is 3.92. The van der Waals surface area contributed by atoms with Gasteiger partial charge < -0.3 is 5.73 Å². The maximum absolute atomic E-state index is 13.1. The Balaban J connectivity index is 2.38. The molecule has 0 unspecified atom stereocenters. The van der Waals surface area contributed by atoms with Gasteiger partial charge in [0.2, 0.25) is 0 Å². The van der Waals surface area contributed by atoms with E-state index in [1.165, 1.54) is 24.3 Å². The third kappa shape index (κ3) is 3.49. The molecule has 2 rings (SSSR count). The molecule has 0 aliphatic carbocycles. The van der Waals surface area contributed by atoms with E-state index in [-0.39, 0.29) is 11.6 Å². The number of alkyl halides is 3. The Morgan fingerprint density at radius 3 is 2.50 bits per heavy atom. The predicted molar refractivity (Wildman–Crippen MR) is 67.7 cm³/mol. The van der Waals surface area contributed by atoms with Crippen molar-refractivity contribution in [3.05, 3.63) is 53.5 Å². The minimum atomic E-state index is -4.52. The summed E-state index contributed by atoms with van der Waals surface area (Å²) >= 11 is 0.952. The van der Waals surface area contributed by atoms with Gasteiger partial charge in [0.1, 0.15) is 16.5 Å². The van der Waals surface area contributed by atoms with Crippen LogP contribution in [0.4, 0.5) is 17.6 Å². The van der Waals surface area contributed by atoms with Crippen LogP contribution < -0.4 is 5.73 Å². The summed E-state index contributed by atoms with van der Waals surface area (Å²) in [5, 5.41) is 0.132. The van der Waals surface area contributed by atoms with Crippen LogP contribution in [0.25, 0.3) is 0 Å². The molecule has 0 spiro atoms. The Morgan fingerprint density at radius 2 is 1.90 bits per heavy atom. The van der Waals surface area contributed by atoms with Crippen molar-refractivity contribution in [1.29, 1.82) is 0 Å². The molecule has 1 aromatic carbocycles. The van der Waals surface area contributed by atoms with E-state index in [0.717, 1.165) is 17.8 Å². The number of rotatable bonds is 3. The summed E-state index contributed by atoms with van der Waals surface area (Å²) in [7, 11) is 0. The van der Waals surface area contributed by atoms with Gasteiger partial charge >= 0.3 is 6.18 Å². The van der Waals surface area contributed by atoms with Crippen LogP contribution >= 0.6 is 11.8 Å². The zero-order valence-electron chi connectivity index (χ0n) is 10.1. The summed E-state index contributed by atoms with van der Waals surface area (Å²) in [6, 6.07) is 7.74. The van der Waals surface area contributed by atoms with Gasteiger partial charge in [-0.05, 0) is 29.8 Å². The number of nitrogens with two attached hydrogens (primary N) is 1. The minimum absolute atomic E-state index is 0.0583. The lowest BCUT2D eigenvalue weighted by Crippen LogP contribution is -2.10. The van der Waals surface area contributed by atoms with Gasteiger partial charge in [-0.15, -0.1) is 0 Å². The molecule has 2 N–H and O–H groups in total. The smallest absolute Gasteiger partial charge is 0.326 e. The zero-order chi connectivity index (χ0) is 14.8. The molecule has 0 bridgehead atoms. The fraction of sp³-hybridized carbons (Fsp3) is 0.154. The first-order valence-corrected chi connectivity index (χ1v) is 6.42. The molecule has 20 heavy (non-hydrogen) atoms. The molecule has 0 amide bonds. The molecule has 0 saturated carbocycles. The van der Waals surface area contributed by atoms with Gasteiger partial charge in [0.25, 0.3) is 0 Å². The summed E-state index contributed by atoms with van der Waals surface area (Å²) < 4.78 is 51.0. The zero-order valence-corrected chi connectivity index (χ0v) is 10.9. The monoisotopic (exact) mass is 302 g/mol. The number of benzene rings is 1. The minimum Gasteiger partial charge on any atom is -0.326 e. The van der Waals surface area contributed by atoms with Crippen LogP contribution in [-0.4, -0.2) is 4.98 Å². The van der Waals surface area contributed by atoms with Crippen molar-refractivity contribution in [3.8, 4) is 0 Å². The second kappa shape index (κ2) is 5.80. The standard InChI is InChI=1S/C13H10F4N2S/c14-9-2-1-3-10(6-9)20-12-8(7-18)4-5-11(19-12)13(15,16)17/h1-6H,7,18H2. The first kappa shape index (κ1) is 14.8. The molecule has 0 atom stereocenters. The Hall–Kier alpha value is -1.60. The average Bonchev–Trinajstić information content (AvgIpc) is 2.37. The fourth-order valence-electron chi connectivity index (χ4n) is 1.51. The van der Waals surface area contributed by atoms with Gasteiger partial charge in [0, 0.05) is 11.4 Å². The van der Waals surface area contributed by atoms with Crippen molar-refractivity contribution in [2.24, 2.45) is 5.73 Å². The molecule has 2 aromatic rings. The van der Waals surface area contributed by atoms with Crippen molar-refractivity contribution < 1.29 is 17.6 Å². The number of aromatic nitrogens is 1. The summed E-state index contributed by atoms with van der Waals surface area (Å²) in [6.07, 6.45) is -4.52. The highest BCUT2D eigenvalue weighted by atomic mass is 32.2. The van der Waals surface area contributed by atoms with Gasteiger partial charge in [0.15, 0.2) is 0 Å². The molecule has 0 fully saturated rings. The normalized spacial score (nSPS) is 11.7. The lowest BCUT2D eigenvalue weighted by Gasteiger charge is -2.11. The number of nitrogens with zero attached hydrogens (tertiary/aromatic N) is 1. The van der Waals surface area contributed by atoms with Gasteiger partial charge in [-0.3, -0.25) is 0 Å². The predicted octanol–water partition coefficient (Wildman–Crippen LogP) is 3.85. The van der Waals surface area contributed by atoms with Crippen LogP contribution in [0.5, 0.6) is 0 Å². The summed E-state index contributed by atoms with van der Waals surface area (Å²) in [5.74, 6) is -0.462. The highest BCUT2D eigenvalue weighted by Crippen LogP contribution is 2.33. The number of hydrogen-bond donors (Lipinski definition) is 1. The van der Waals surface area contributed by atoms with E-state index in [2.05, 4.69) is 4.98 Å². The first-order valence-electron chi connectivity index (χ1n) is 5.61. The van der Waals surface area contributed by atoms with E-state index < -0.39 is 17.7 Å². The lowest BCUT2D eigenvalue weighted by molar-refractivity contribution is -0.141. The molecule has 1 heterocycles. The molecule has 0 aliphatic heterocycles. The molecule has 0 radical (unpaired) electrons. The Morgan fingerprint density at radius 1 is 1.15 bits per heavy atom. The second-order valence-corrected chi connectivity index (χ2v) is 4.98. The van der Waals surface area contributed by atoms with Gasteiger partial charge in [-0.1, -0.05) is 23.9 Å². The van der Waals surface area contributed by atoms with Gasteiger partial charge in [-0.2, -0.15) is 13.2 Å². The van der Waals surface area contributed by atoms with Crippen molar-refractivity contribution in [1.82, 2.24) is 4.98 Å². The Labute approximate surface area is 117 Å². The number of pyridine rings is 1. The van der Waals surface area contributed by atoms with Crippen molar-refractivity contribution in [2.75, 3.05) is 0 Å². The van der Waals surface area contributed by atoms with E-state index in [0.29, 0.717) is 10.5 Å². The van der Waals surface area contributed by atoms with E-state index in [4.69, 9.17) is 5.73 Å². The molecule has 1 aromatic heterocycles. The third-order valence-corrected chi connectivity index (χ3v) is 3.50. The van der Waals surface area contributed by atoms with Crippen molar-refractivity contribution in [3.63, 3.8) is 0 Å². The largest absolute Gasteiger partial charge is 0.433 e. The highest BCUT2D eigenvalue weighted by Gasteiger charge is 2.33. The topological polar surface area (TPSA) is 38.9 Å². The van der Waals surface area contributed by atoms with E-state index in [1.54, 1.807) is 6.07 Å². The third-order valence-electron chi connectivity index (χ3n) is 2.46. The fourth-order valence-corrected chi connectivity index (χ4v) is 2.48. The summed E-state index contributed by atoms with van der Waals surface area (Å²) in [4.78, 5) is 4.04. The Bertz CT molecular complexity index is 614. The maximum Gasteiger partial charge on any atom is 0.433 e. The maximum atomic E-state index is 13.1. The van der Waals surface area contributed by atoms with Crippen LogP contribution in [0.2, 0.25) is 0 Å². The van der Waals surface area contributed by atoms with Crippen LogP contribution in [0.3, 0.4) is 0 Å². The van der Waals surface area contributed by atoms with E-state index in [1.807, 2.05) is 0 Å². The van der Waals surface area contributed by atoms with Crippen LogP contribution in [0.1, 0.15) is 11.3 Å². The molecule has 2 nitrogen and oxygen atoms in total. The number of hydrogen-bond acceptors (Lipinski definition) is 3. The van der Waals surface area contributed by atoms with Crippen molar-refractivity contribution in [2.45, 2.75) is 22.6 Å². The van der Waals surface area contributed by atoms with E-state index in [9.17, 15) is 17.6 Å². The number of halogens is 4. The molecule has 7 heteroatoms. The van der Waals surface area contributed by atoms with Gasteiger partial charge in [0.05, 0.1) is 0 Å². The van der Waals surface area contributed by atoms with Crippen LogP contribution in [0.15, 0.2) is 46.3 Å². The average molecular weight is 302 g/mol. The lowest BCUT2D eigenvalue weighted by atomic mass is 10.2. The van der Waals surface area contributed by atoms with E-state index >= 15 is 0 Å². The quantitative estimate of drug-likeness (QED) is 0.875. The molecule has 106 valence electrons. The van der Waals surface area contributed by atoms with Crippen molar-refractivity contribution >= 4 is 11.8 Å². The molecular formula is C13H10F4N2S. The summed E-state index contributed by atoms with van der Waals surface area (Å²) in [5.41, 5.74) is 4.97. The van der Waals surface area contributed by atoms with Gasteiger partial charge in [-0.25, -0.2) is 9.37 Å². The SMILES string of the molecule is NCc1ccc(C(F)(F)F)nc1Sc1cccc(F)c1. The first-order chi connectivity index (χ1) is 9.40. The Kier molecular flexibility index (Phi) is 4.29. The highest BCUT2D eigenvalue weighted by molar-refractivity contribution is 7.99. The van der Waals surface area contributed by atoms with Crippen LogP contribution in [-0.2, 0) is 12.7 Å². The summed E-state index contributed by atoms with van der Waals surface area (Å²) in [6.45, 7) is 0.0583. The molecule has 0 aliphatic rings. The molecule has 0 saturated heterocycles.